The number of benzene rings is 1. The summed E-state index contributed by atoms with van der Waals surface area (Å²) in [6, 6.07) is 6.81. The second-order valence-corrected chi connectivity index (χ2v) is 5.17. The van der Waals surface area contributed by atoms with Gasteiger partial charge in [-0.25, -0.2) is 0 Å². The molecule has 1 heterocycles. The van der Waals surface area contributed by atoms with Crippen LogP contribution in [0, 0.1) is 0 Å². The van der Waals surface area contributed by atoms with Gasteiger partial charge in [-0.05, 0) is 41.2 Å². The molecule has 0 amide bonds. The number of hydrogen-bond acceptors (Lipinski definition) is 5. The molecule has 0 unspecified atom stereocenters. The molecule has 4 nitrogen and oxygen atoms in total. The van der Waals surface area contributed by atoms with E-state index in [0.717, 1.165) is 11.7 Å². The molecule has 0 saturated heterocycles. The van der Waals surface area contributed by atoms with Crippen LogP contribution in [0.3, 0.4) is 0 Å². The highest BCUT2D eigenvalue weighted by molar-refractivity contribution is 7.09. The zero-order chi connectivity index (χ0) is 11.7. The number of nitrogens with zero attached hydrogens (tertiary/aromatic N) is 4. The second-order valence-electron chi connectivity index (χ2n) is 4.46. The summed E-state index contributed by atoms with van der Waals surface area (Å²) < 4.78 is 3.78. The van der Waals surface area contributed by atoms with E-state index < -0.39 is 0 Å². The molecule has 0 N–H and O–H groups in total. The summed E-state index contributed by atoms with van der Waals surface area (Å²) in [5.74, 6) is 0. The van der Waals surface area contributed by atoms with Crippen LogP contribution in [-0.4, -0.2) is 21.8 Å². The van der Waals surface area contributed by atoms with Crippen LogP contribution in [0.2, 0.25) is 0 Å². The Morgan fingerprint density at radius 1 is 1.29 bits per heavy atom. The largest absolute Gasteiger partial charge is 0.344 e. The normalized spacial score (nSPS) is 13.7. The molecule has 0 saturated carbocycles. The smallest absolute Gasteiger partial charge is 0.227 e. The summed E-state index contributed by atoms with van der Waals surface area (Å²) in [6.45, 7) is 0.865. The molecule has 0 spiro atoms. The lowest BCUT2D eigenvalue weighted by Crippen LogP contribution is -2.16. The lowest BCUT2D eigenvalue weighted by atomic mass is 10.1. The minimum absolute atomic E-state index is 0.865. The first-order valence-electron chi connectivity index (χ1n) is 5.80. The van der Waals surface area contributed by atoms with Gasteiger partial charge in [-0.15, -0.1) is 0 Å². The molecule has 1 aromatic carbocycles. The maximum Gasteiger partial charge on any atom is 0.227 e. The quantitative estimate of drug-likeness (QED) is 0.831. The summed E-state index contributed by atoms with van der Waals surface area (Å²) in [5.41, 5.74) is 4.38. The summed E-state index contributed by atoms with van der Waals surface area (Å²) >= 11 is 1.33. The molecule has 0 aliphatic heterocycles. The number of hydrogen-bond donors (Lipinski definition) is 0. The van der Waals surface area contributed by atoms with Gasteiger partial charge >= 0.3 is 0 Å². The first-order valence-corrected chi connectivity index (χ1v) is 6.57. The van der Waals surface area contributed by atoms with Gasteiger partial charge in [0.05, 0.1) is 0 Å². The average molecular weight is 246 g/mol. The van der Waals surface area contributed by atoms with Gasteiger partial charge in [0.15, 0.2) is 0 Å². The second kappa shape index (κ2) is 4.41. The Labute approximate surface area is 104 Å². The Morgan fingerprint density at radius 3 is 3.00 bits per heavy atom. The van der Waals surface area contributed by atoms with E-state index in [0.29, 0.717) is 0 Å². The van der Waals surface area contributed by atoms with Crippen molar-refractivity contribution in [2.75, 3.05) is 11.9 Å². The molecule has 17 heavy (non-hydrogen) atoms. The molecule has 88 valence electrons. The maximum absolute atomic E-state index is 3.97. The number of rotatable bonds is 3. The van der Waals surface area contributed by atoms with Crippen LogP contribution in [0.25, 0.3) is 0 Å². The van der Waals surface area contributed by atoms with Gasteiger partial charge in [-0.1, -0.05) is 27.8 Å². The first-order chi connectivity index (χ1) is 8.33. The Hall–Kier alpha value is -1.49. The topological polar surface area (TPSA) is 41.9 Å². The molecule has 1 aliphatic rings. The van der Waals surface area contributed by atoms with Crippen molar-refractivity contribution in [3.63, 3.8) is 0 Å². The van der Waals surface area contributed by atoms with Crippen LogP contribution in [0.15, 0.2) is 18.2 Å². The van der Waals surface area contributed by atoms with Gasteiger partial charge in [0.1, 0.15) is 0 Å². The van der Waals surface area contributed by atoms with Crippen molar-refractivity contribution in [2.45, 2.75) is 25.8 Å². The van der Waals surface area contributed by atoms with E-state index in [9.17, 15) is 0 Å². The number of fused-ring (bicyclic) bond motifs is 1. The summed E-state index contributed by atoms with van der Waals surface area (Å²) in [7, 11) is 2.02. The highest BCUT2D eigenvalue weighted by atomic mass is 32.1. The van der Waals surface area contributed by atoms with Gasteiger partial charge in [0.25, 0.3) is 0 Å². The Bertz CT molecular complexity index is 509. The standard InChI is InChI=1S/C12H14N4S/c1-16(12-13-14-15-17-12)8-9-5-6-10-3-2-4-11(10)7-9/h5-7H,2-4,8H2,1H3. The molecule has 1 aromatic heterocycles. The highest BCUT2D eigenvalue weighted by Gasteiger charge is 2.12. The molecule has 1 aliphatic carbocycles. The molecule has 2 aromatic rings. The van der Waals surface area contributed by atoms with Crippen LogP contribution >= 0.6 is 11.5 Å². The van der Waals surface area contributed by atoms with Gasteiger partial charge in [0, 0.05) is 25.1 Å². The van der Waals surface area contributed by atoms with Crippen molar-refractivity contribution in [1.82, 2.24) is 14.8 Å². The molecule has 3 rings (SSSR count). The van der Waals surface area contributed by atoms with E-state index >= 15 is 0 Å². The SMILES string of the molecule is CN(Cc1ccc2c(c1)CCC2)c1nnns1. The third-order valence-electron chi connectivity index (χ3n) is 3.20. The van der Waals surface area contributed by atoms with E-state index in [1.165, 1.54) is 47.5 Å². The van der Waals surface area contributed by atoms with Crippen molar-refractivity contribution in [3.05, 3.63) is 34.9 Å². The number of aromatic nitrogens is 3. The van der Waals surface area contributed by atoms with E-state index in [-0.39, 0.29) is 0 Å². The van der Waals surface area contributed by atoms with Gasteiger partial charge < -0.3 is 4.90 Å². The van der Waals surface area contributed by atoms with Crippen LogP contribution in [0.5, 0.6) is 0 Å². The molecular formula is C12H14N4S. The molecule has 0 bridgehead atoms. The Morgan fingerprint density at radius 2 is 2.18 bits per heavy atom. The average Bonchev–Trinajstić information content (AvgIpc) is 2.99. The van der Waals surface area contributed by atoms with Crippen LogP contribution < -0.4 is 4.90 Å². The predicted octanol–water partition coefficient (Wildman–Crippen LogP) is 2.06. The monoisotopic (exact) mass is 246 g/mol. The van der Waals surface area contributed by atoms with E-state index in [2.05, 4.69) is 37.9 Å². The summed E-state index contributed by atoms with van der Waals surface area (Å²) in [6.07, 6.45) is 3.77. The van der Waals surface area contributed by atoms with Gasteiger partial charge in [-0.3, -0.25) is 0 Å². The number of anilines is 1. The van der Waals surface area contributed by atoms with Crippen molar-refractivity contribution < 1.29 is 0 Å². The first kappa shape index (κ1) is 10.7. The highest BCUT2D eigenvalue weighted by Crippen LogP contribution is 2.24. The van der Waals surface area contributed by atoms with E-state index in [1.54, 1.807) is 0 Å². The molecule has 5 heteroatoms. The molecular weight excluding hydrogens is 232 g/mol. The third-order valence-corrected chi connectivity index (χ3v) is 3.91. The summed E-state index contributed by atoms with van der Waals surface area (Å²) in [4.78, 5) is 2.08. The van der Waals surface area contributed by atoms with Crippen molar-refractivity contribution >= 4 is 16.7 Å². The minimum atomic E-state index is 0.865. The predicted molar refractivity (Wildman–Crippen MR) is 68.3 cm³/mol. The van der Waals surface area contributed by atoms with Crippen LogP contribution in [-0.2, 0) is 19.4 Å². The fraction of sp³-hybridized carbons (Fsp3) is 0.417. The van der Waals surface area contributed by atoms with E-state index in [4.69, 9.17) is 0 Å². The van der Waals surface area contributed by atoms with Crippen LogP contribution in [0.1, 0.15) is 23.1 Å². The van der Waals surface area contributed by atoms with Gasteiger partial charge in [-0.2, -0.15) is 0 Å². The summed E-state index contributed by atoms with van der Waals surface area (Å²) in [5, 5.41) is 8.45. The van der Waals surface area contributed by atoms with E-state index in [1.807, 2.05) is 7.05 Å². The molecule has 0 fully saturated rings. The zero-order valence-corrected chi connectivity index (χ0v) is 10.6. The Balaban J connectivity index is 1.77. The van der Waals surface area contributed by atoms with Gasteiger partial charge in [0.2, 0.25) is 5.13 Å². The lowest BCUT2D eigenvalue weighted by Gasteiger charge is -2.15. The van der Waals surface area contributed by atoms with Crippen molar-refractivity contribution in [3.8, 4) is 0 Å². The minimum Gasteiger partial charge on any atom is -0.344 e. The fourth-order valence-corrected chi connectivity index (χ4v) is 2.76. The molecule has 0 radical (unpaired) electrons. The van der Waals surface area contributed by atoms with Crippen LogP contribution in [0.4, 0.5) is 5.13 Å². The Kier molecular flexibility index (Phi) is 2.76. The number of aryl methyl sites for hydroxylation is 2. The third kappa shape index (κ3) is 2.15. The lowest BCUT2D eigenvalue weighted by molar-refractivity contribution is 0.872. The maximum atomic E-state index is 3.97. The van der Waals surface area contributed by atoms with Crippen molar-refractivity contribution in [2.24, 2.45) is 0 Å². The molecule has 0 atom stereocenters. The fourth-order valence-electron chi connectivity index (χ4n) is 2.34. The van der Waals surface area contributed by atoms with Crippen molar-refractivity contribution in [1.29, 1.82) is 0 Å². The zero-order valence-electron chi connectivity index (χ0n) is 9.76.